The molecule has 4 heteroatoms. The maximum absolute atomic E-state index is 10.00. The molecule has 0 unspecified atom stereocenters. The molecule has 7 heavy (non-hydrogen) atoms. The van der Waals surface area contributed by atoms with E-state index in [4.69, 9.17) is 0 Å². The van der Waals surface area contributed by atoms with Gasteiger partial charge in [-0.15, -0.1) is 0 Å². The third-order valence-electron chi connectivity index (χ3n) is 0.297. The van der Waals surface area contributed by atoms with Crippen molar-refractivity contribution in [3.8, 4) is 0 Å². The summed E-state index contributed by atoms with van der Waals surface area (Å²) in [6.07, 6.45) is 2.81. The van der Waals surface area contributed by atoms with E-state index in [1.165, 1.54) is 7.11 Å². The Morgan fingerprint density at radius 2 is 2.14 bits per heavy atom. The number of rotatable bonds is 2. The van der Waals surface area contributed by atoms with Crippen molar-refractivity contribution in [2.45, 2.75) is 0 Å². The molecule has 0 bridgehead atoms. The van der Waals surface area contributed by atoms with Gasteiger partial charge in [0, 0.05) is 7.11 Å². The van der Waals surface area contributed by atoms with Crippen LogP contribution in [0.25, 0.3) is 0 Å². The highest BCUT2D eigenvalue weighted by Crippen LogP contribution is 1.82. The maximum atomic E-state index is 10.00. The fraction of sp³-hybridized carbons (Fsp3) is 0.667. The summed E-state index contributed by atoms with van der Waals surface area (Å²) in [6, 6.07) is 0. The molecule has 43 valence electrons. The van der Waals surface area contributed by atoms with Crippen LogP contribution in [0.2, 0.25) is 0 Å². The van der Waals surface area contributed by atoms with Gasteiger partial charge in [0.1, 0.15) is 5.94 Å². The van der Waals surface area contributed by atoms with Crippen molar-refractivity contribution >= 4 is 9.84 Å². The molecule has 0 saturated carbocycles. The fourth-order valence-corrected chi connectivity index (χ4v) is 0.539. The molecule has 1 radical (unpaired) electrons. The van der Waals surface area contributed by atoms with Crippen LogP contribution in [0.15, 0.2) is 0 Å². The summed E-state index contributed by atoms with van der Waals surface area (Å²) >= 11 is 0. The Bertz CT molecular complexity index is 123. The average molecular weight is 123 g/mol. The lowest BCUT2D eigenvalue weighted by atomic mass is 11.5. The Morgan fingerprint density at radius 1 is 1.71 bits per heavy atom. The zero-order valence-corrected chi connectivity index (χ0v) is 4.86. The quantitative estimate of drug-likeness (QED) is 0.510. The molecule has 0 N–H and O–H groups in total. The molecule has 0 amide bonds. The summed E-state index contributed by atoms with van der Waals surface area (Å²) in [5.74, 6) is -0.299. The van der Waals surface area contributed by atoms with E-state index in [1.807, 2.05) is 0 Å². The van der Waals surface area contributed by atoms with E-state index in [1.54, 1.807) is 0 Å². The third kappa shape index (κ3) is 5.91. The van der Waals surface area contributed by atoms with Gasteiger partial charge < -0.3 is 4.74 Å². The van der Waals surface area contributed by atoms with E-state index in [2.05, 4.69) is 11.0 Å². The van der Waals surface area contributed by atoms with Gasteiger partial charge in [0.05, 0.1) is 6.26 Å². The predicted octanol–water partition coefficient (Wildman–Crippen LogP) is -0.203. The minimum atomic E-state index is -3.15. The van der Waals surface area contributed by atoms with Crippen LogP contribution >= 0.6 is 0 Å². The zero-order chi connectivity index (χ0) is 5.91. The van der Waals surface area contributed by atoms with E-state index in [9.17, 15) is 8.42 Å². The first-order valence-corrected chi connectivity index (χ1v) is 3.43. The standard InChI is InChI=1S/C3H7O3S/c1-6-3-7(2,4)5/h2-3H2,1H3. The number of methoxy groups -OCH3 is 1. The van der Waals surface area contributed by atoms with Gasteiger partial charge in [-0.1, -0.05) is 0 Å². The van der Waals surface area contributed by atoms with Gasteiger partial charge in [-0.05, 0) is 0 Å². The Hall–Kier alpha value is -0.0900. The average Bonchev–Trinajstić information content (AvgIpc) is 1.30. The molecule has 0 aliphatic rings. The van der Waals surface area contributed by atoms with Crippen LogP contribution in [0.1, 0.15) is 0 Å². The van der Waals surface area contributed by atoms with Gasteiger partial charge in [-0.2, -0.15) is 0 Å². The molecule has 0 aromatic heterocycles. The fourth-order valence-electron chi connectivity index (χ4n) is 0.180. The van der Waals surface area contributed by atoms with Crippen molar-refractivity contribution < 1.29 is 13.2 Å². The van der Waals surface area contributed by atoms with Crippen LogP contribution in [0.4, 0.5) is 0 Å². The molecule has 0 saturated heterocycles. The lowest BCUT2D eigenvalue weighted by molar-refractivity contribution is 0.251. The Balaban J connectivity index is 3.60. The van der Waals surface area contributed by atoms with Gasteiger partial charge in [-0.25, -0.2) is 8.42 Å². The highest BCUT2D eigenvalue weighted by molar-refractivity contribution is 7.92. The van der Waals surface area contributed by atoms with Gasteiger partial charge in [0.25, 0.3) is 0 Å². The summed E-state index contributed by atoms with van der Waals surface area (Å²) in [7, 11) is -1.84. The van der Waals surface area contributed by atoms with Gasteiger partial charge in [-0.3, -0.25) is 0 Å². The number of hydrogen-bond donors (Lipinski definition) is 0. The lowest BCUT2D eigenvalue weighted by Crippen LogP contribution is -2.00. The van der Waals surface area contributed by atoms with Crippen LogP contribution in [-0.4, -0.2) is 21.5 Å². The first kappa shape index (κ1) is 6.91. The minimum absolute atomic E-state index is 0.299. The smallest absolute Gasteiger partial charge is 0.175 e. The molecular weight excluding hydrogens is 116 g/mol. The van der Waals surface area contributed by atoms with Crippen molar-refractivity contribution in [1.29, 1.82) is 0 Å². The minimum Gasteiger partial charge on any atom is -0.369 e. The molecule has 0 aromatic rings. The summed E-state index contributed by atoms with van der Waals surface area (Å²) in [4.78, 5) is 0. The van der Waals surface area contributed by atoms with Gasteiger partial charge in [0.15, 0.2) is 9.84 Å². The first-order chi connectivity index (χ1) is 3.06. The summed E-state index contributed by atoms with van der Waals surface area (Å²) in [5.41, 5.74) is 0. The SMILES string of the molecule is [CH2]S(=O)(=O)COC. The van der Waals surface area contributed by atoms with Crippen LogP contribution in [0.3, 0.4) is 0 Å². The molecule has 0 rings (SSSR count). The molecule has 0 spiro atoms. The van der Waals surface area contributed by atoms with Crippen LogP contribution in [-0.2, 0) is 14.6 Å². The van der Waals surface area contributed by atoms with E-state index in [0.717, 1.165) is 0 Å². The normalized spacial score (nSPS) is 11.7. The number of sulfone groups is 1. The zero-order valence-electron chi connectivity index (χ0n) is 4.05. The highest BCUT2D eigenvalue weighted by Gasteiger charge is 1.96. The second-order valence-electron chi connectivity index (χ2n) is 1.15. The Morgan fingerprint density at radius 3 is 2.14 bits per heavy atom. The second kappa shape index (κ2) is 2.28. The van der Waals surface area contributed by atoms with Crippen LogP contribution < -0.4 is 0 Å². The van der Waals surface area contributed by atoms with Crippen molar-refractivity contribution in [3.05, 3.63) is 6.26 Å². The first-order valence-electron chi connectivity index (χ1n) is 1.61. The second-order valence-corrected chi connectivity index (χ2v) is 2.87. The summed E-state index contributed by atoms with van der Waals surface area (Å²) in [6.45, 7) is 0. The molecular formula is C3H7O3S. The van der Waals surface area contributed by atoms with E-state index >= 15 is 0 Å². The highest BCUT2D eigenvalue weighted by atomic mass is 32.2. The van der Waals surface area contributed by atoms with Gasteiger partial charge >= 0.3 is 0 Å². The van der Waals surface area contributed by atoms with Crippen molar-refractivity contribution in [2.24, 2.45) is 0 Å². The molecule has 3 nitrogen and oxygen atoms in total. The number of hydrogen-bond acceptors (Lipinski definition) is 3. The largest absolute Gasteiger partial charge is 0.369 e. The Labute approximate surface area is 43.2 Å². The molecule has 0 heterocycles. The topological polar surface area (TPSA) is 43.4 Å². The number of ether oxygens (including phenoxy) is 1. The van der Waals surface area contributed by atoms with Crippen molar-refractivity contribution in [2.75, 3.05) is 13.0 Å². The molecule has 0 aliphatic heterocycles. The van der Waals surface area contributed by atoms with E-state index in [-0.39, 0.29) is 5.94 Å². The van der Waals surface area contributed by atoms with Gasteiger partial charge in [0.2, 0.25) is 0 Å². The molecule has 0 fully saturated rings. The Kier molecular flexibility index (Phi) is 2.25. The third-order valence-corrected chi connectivity index (χ3v) is 0.892. The summed E-state index contributed by atoms with van der Waals surface area (Å²) in [5, 5.41) is 0. The van der Waals surface area contributed by atoms with E-state index in [0.29, 0.717) is 0 Å². The van der Waals surface area contributed by atoms with Crippen molar-refractivity contribution in [1.82, 2.24) is 0 Å². The monoisotopic (exact) mass is 123 g/mol. The maximum Gasteiger partial charge on any atom is 0.175 e. The van der Waals surface area contributed by atoms with Crippen LogP contribution in [0.5, 0.6) is 0 Å². The predicted molar refractivity (Wildman–Crippen MR) is 26.2 cm³/mol. The van der Waals surface area contributed by atoms with Crippen molar-refractivity contribution in [3.63, 3.8) is 0 Å². The molecule has 0 atom stereocenters. The van der Waals surface area contributed by atoms with Crippen LogP contribution in [0, 0.1) is 6.26 Å². The lowest BCUT2D eigenvalue weighted by Gasteiger charge is -1.89. The van der Waals surface area contributed by atoms with E-state index < -0.39 is 9.84 Å². The molecule has 0 aliphatic carbocycles. The summed E-state index contributed by atoms with van der Waals surface area (Å²) < 4.78 is 24.2. The molecule has 0 aromatic carbocycles.